The van der Waals surface area contributed by atoms with Crippen LogP contribution in [0.25, 0.3) is 0 Å². The van der Waals surface area contributed by atoms with Crippen molar-refractivity contribution in [3.8, 4) is 0 Å². The molecule has 5 heteroatoms. The molecule has 0 aliphatic heterocycles. The predicted molar refractivity (Wildman–Crippen MR) is 71.3 cm³/mol. The summed E-state index contributed by atoms with van der Waals surface area (Å²) in [5.41, 5.74) is 0.438. The number of amides is 1. The van der Waals surface area contributed by atoms with Gasteiger partial charge in [0, 0.05) is 22.6 Å². The van der Waals surface area contributed by atoms with Gasteiger partial charge in [0.2, 0.25) is 0 Å². The Bertz CT molecular complexity index is 413. The van der Waals surface area contributed by atoms with E-state index >= 15 is 0 Å². The molecule has 0 bridgehead atoms. The zero-order chi connectivity index (χ0) is 12.3. The third-order valence-corrected chi connectivity index (χ3v) is 4.18. The molecule has 0 saturated heterocycles. The molecule has 92 valence electrons. The number of carbonyl (C=O) groups is 1. The molecule has 1 aromatic rings. The van der Waals surface area contributed by atoms with Crippen LogP contribution in [0.5, 0.6) is 0 Å². The lowest BCUT2D eigenvalue weighted by molar-refractivity contribution is 0.0924. The van der Waals surface area contributed by atoms with Gasteiger partial charge in [-0.25, -0.2) is 4.98 Å². The highest BCUT2D eigenvalue weighted by Crippen LogP contribution is 2.27. The number of halogens is 2. The summed E-state index contributed by atoms with van der Waals surface area (Å²) in [7, 11) is 0. The molecule has 1 N–H and O–H groups in total. The number of alkyl halides is 1. The topological polar surface area (TPSA) is 42.0 Å². The number of rotatable bonds is 3. The van der Waals surface area contributed by atoms with Gasteiger partial charge in [0.15, 0.2) is 0 Å². The maximum atomic E-state index is 12.0. The van der Waals surface area contributed by atoms with E-state index in [0.29, 0.717) is 17.5 Å². The number of hydrogen-bond acceptors (Lipinski definition) is 2. The number of pyridine rings is 1. The quantitative estimate of drug-likeness (QED) is 0.871. The number of aromatic nitrogens is 1. The number of carbonyl (C=O) groups excluding carboxylic acids is 1. The fourth-order valence-corrected chi connectivity index (χ4v) is 3.01. The molecule has 2 rings (SSSR count). The first kappa shape index (κ1) is 12.8. The Kier molecular flexibility index (Phi) is 4.40. The van der Waals surface area contributed by atoms with Gasteiger partial charge in [-0.1, -0.05) is 6.42 Å². The van der Waals surface area contributed by atoms with Crippen LogP contribution in [0, 0.1) is 5.92 Å². The van der Waals surface area contributed by atoms with E-state index in [1.54, 1.807) is 12.3 Å². The monoisotopic (exact) mass is 316 g/mol. The molecule has 1 aliphatic rings. The Morgan fingerprint density at radius 1 is 1.59 bits per heavy atom. The maximum Gasteiger partial charge on any atom is 0.271 e. The average molecular weight is 318 g/mol. The van der Waals surface area contributed by atoms with Gasteiger partial charge in [0.05, 0.1) is 0 Å². The summed E-state index contributed by atoms with van der Waals surface area (Å²) < 4.78 is 0.720. The van der Waals surface area contributed by atoms with Crippen molar-refractivity contribution >= 4 is 33.4 Å². The molecule has 1 aliphatic carbocycles. The molecule has 1 fully saturated rings. The van der Waals surface area contributed by atoms with Gasteiger partial charge >= 0.3 is 0 Å². The number of hydrogen-bond donors (Lipinski definition) is 1. The van der Waals surface area contributed by atoms with Crippen LogP contribution in [0.3, 0.4) is 0 Å². The smallest absolute Gasteiger partial charge is 0.271 e. The second-order valence-corrected chi connectivity index (χ2v) is 5.42. The van der Waals surface area contributed by atoms with E-state index in [-0.39, 0.29) is 11.9 Å². The summed E-state index contributed by atoms with van der Waals surface area (Å²) >= 11 is 9.22. The second-order valence-electron chi connectivity index (χ2n) is 4.26. The van der Waals surface area contributed by atoms with Crippen molar-refractivity contribution in [2.24, 2.45) is 5.92 Å². The van der Waals surface area contributed by atoms with Gasteiger partial charge in [-0.3, -0.25) is 4.79 Å². The van der Waals surface area contributed by atoms with Crippen LogP contribution >= 0.6 is 27.5 Å². The Morgan fingerprint density at radius 3 is 3.12 bits per heavy atom. The summed E-state index contributed by atoms with van der Waals surface area (Å²) in [4.78, 5) is 16.1. The van der Waals surface area contributed by atoms with Crippen molar-refractivity contribution in [2.45, 2.75) is 25.3 Å². The molecule has 0 spiro atoms. The van der Waals surface area contributed by atoms with E-state index in [9.17, 15) is 4.79 Å². The highest BCUT2D eigenvalue weighted by atomic mass is 79.9. The highest BCUT2D eigenvalue weighted by Gasteiger charge is 2.28. The third kappa shape index (κ3) is 2.99. The fraction of sp³-hybridized carbons (Fsp3) is 0.500. The number of nitrogens with one attached hydrogen (secondary N) is 1. The van der Waals surface area contributed by atoms with Crippen LogP contribution in [-0.2, 0) is 0 Å². The SMILES string of the molecule is O=C(NC1CCCC1CCl)c1ncccc1Br. The van der Waals surface area contributed by atoms with Crippen LogP contribution in [-0.4, -0.2) is 22.8 Å². The summed E-state index contributed by atoms with van der Waals surface area (Å²) in [6.45, 7) is 0. The molecule has 1 heterocycles. The first-order valence-corrected chi connectivity index (χ1v) is 7.02. The van der Waals surface area contributed by atoms with Crippen LogP contribution in [0.15, 0.2) is 22.8 Å². The minimum atomic E-state index is -0.125. The number of nitrogens with zero attached hydrogens (tertiary/aromatic N) is 1. The van der Waals surface area contributed by atoms with Crippen LogP contribution in [0.2, 0.25) is 0 Å². The first-order chi connectivity index (χ1) is 8.22. The average Bonchev–Trinajstić information content (AvgIpc) is 2.76. The fourth-order valence-electron chi connectivity index (χ4n) is 2.20. The Labute approximate surface area is 114 Å². The predicted octanol–water partition coefficient (Wildman–Crippen LogP) is 2.98. The largest absolute Gasteiger partial charge is 0.348 e. The normalized spacial score (nSPS) is 23.6. The van der Waals surface area contributed by atoms with E-state index in [0.717, 1.165) is 23.7 Å². The van der Waals surface area contributed by atoms with Crippen molar-refractivity contribution < 1.29 is 4.79 Å². The lowest BCUT2D eigenvalue weighted by Gasteiger charge is -2.18. The van der Waals surface area contributed by atoms with E-state index in [1.165, 1.54) is 0 Å². The highest BCUT2D eigenvalue weighted by molar-refractivity contribution is 9.10. The van der Waals surface area contributed by atoms with Crippen LogP contribution in [0.4, 0.5) is 0 Å². The van der Waals surface area contributed by atoms with Gasteiger partial charge in [-0.15, -0.1) is 11.6 Å². The molecular weight excluding hydrogens is 304 g/mol. The van der Waals surface area contributed by atoms with Crippen molar-refractivity contribution in [3.63, 3.8) is 0 Å². The zero-order valence-electron chi connectivity index (χ0n) is 9.33. The molecule has 1 saturated carbocycles. The van der Waals surface area contributed by atoms with Crippen molar-refractivity contribution in [3.05, 3.63) is 28.5 Å². The van der Waals surface area contributed by atoms with Crippen molar-refractivity contribution in [2.75, 3.05) is 5.88 Å². The lowest BCUT2D eigenvalue weighted by atomic mass is 10.1. The van der Waals surface area contributed by atoms with E-state index in [1.807, 2.05) is 6.07 Å². The molecule has 2 atom stereocenters. The molecule has 1 aromatic heterocycles. The van der Waals surface area contributed by atoms with E-state index < -0.39 is 0 Å². The van der Waals surface area contributed by atoms with Crippen molar-refractivity contribution in [1.82, 2.24) is 10.3 Å². The second kappa shape index (κ2) is 5.83. The summed E-state index contributed by atoms with van der Waals surface area (Å²) in [6, 6.07) is 3.79. The van der Waals surface area contributed by atoms with E-state index in [4.69, 9.17) is 11.6 Å². The van der Waals surface area contributed by atoms with E-state index in [2.05, 4.69) is 26.2 Å². The molecule has 17 heavy (non-hydrogen) atoms. The minimum absolute atomic E-state index is 0.125. The zero-order valence-corrected chi connectivity index (χ0v) is 11.7. The van der Waals surface area contributed by atoms with Crippen LogP contribution in [0.1, 0.15) is 29.8 Å². The first-order valence-electron chi connectivity index (χ1n) is 5.69. The van der Waals surface area contributed by atoms with Gasteiger partial charge in [0.25, 0.3) is 5.91 Å². The van der Waals surface area contributed by atoms with Crippen LogP contribution < -0.4 is 5.32 Å². The molecule has 3 nitrogen and oxygen atoms in total. The maximum absolute atomic E-state index is 12.0. The summed E-state index contributed by atoms with van der Waals surface area (Å²) in [5.74, 6) is 0.872. The lowest BCUT2D eigenvalue weighted by Crippen LogP contribution is -2.38. The third-order valence-electron chi connectivity index (χ3n) is 3.15. The Balaban J connectivity index is 2.04. The van der Waals surface area contributed by atoms with Gasteiger partial charge < -0.3 is 5.32 Å². The molecule has 1 amide bonds. The van der Waals surface area contributed by atoms with Gasteiger partial charge in [-0.05, 0) is 46.8 Å². The summed E-state index contributed by atoms with van der Waals surface area (Å²) in [5, 5.41) is 3.02. The Morgan fingerprint density at radius 2 is 2.41 bits per heavy atom. The molecule has 0 radical (unpaired) electrons. The van der Waals surface area contributed by atoms with Gasteiger partial charge in [-0.2, -0.15) is 0 Å². The van der Waals surface area contributed by atoms with Gasteiger partial charge in [0.1, 0.15) is 5.69 Å². The molecule has 0 aromatic carbocycles. The van der Waals surface area contributed by atoms with Crippen molar-refractivity contribution in [1.29, 1.82) is 0 Å². The minimum Gasteiger partial charge on any atom is -0.348 e. The Hall–Kier alpha value is -0.610. The summed E-state index contributed by atoms with van der Waals surface area (Å²) in [6.07, 6.45) is 4.85. The standard InChI is InChI=1S/C12H14BrClN2O/c13-9-4-2-6-15-11(9)12(17)16-10-5-1-3-8(10)7-14/h2,4,6,8,10H,1,3,5,7H2,(H,16,17). The molecule has 2 unspecified atom stereocenters. The molecular formula is C12H14BrClN2O.